The lowest BCUT2D eigenvalue weighted by atomic mass is 10.1. The van der Waals surface area contributed by atoms with E-state index in [9.17, 15) is 5.11 Å². The van der Waals surface area contributed by atoms with E-state index in [0.29, 0.717) is 16.5 Å². The van der Waals surface area contributed by atoms with Crippen LogP contribution in [0.25, 0.3) is 0 Å². The van der Waals surface area contributed by atoms with Gasteiger partial charge in [-0.2, -0.15) is 0 Å². The molecule has 1 aliphatic carbocycles. The third kappa shape index (κ3) is 2.37. The van der Waals surface area contributed by atoms with Crippen LogP contribution in [0, 0.1) is 0 Å². The molecule has 0 bridgehead atoms. The van der Waals surface area contributed by atoms with Crippen LogP contribution in [-0.4, -0.2) is 10.7 Å². The van der Waals surface area contributed by atoms with Crippen LogP contribution in [0.3, 0.4) is 0 Å². The summed E-state index contributed by atoms with van der Waals surface area (Å²) in [6, 6.07) is 5.40. The Morgan fingerprint density at radius 3 is 2.15 bits per heavy atom. The average molecular weight is 217 g/mol. The Balaban J connectivity index is 2.20. The van der Waals surface area contributed by atoms with Crippen molar-refractivity contribution in [1.29, 1.82) is 0 Å². The molecule has 1 N–H and O–H groups in total. The molecule has 1 aliphatic rings. The van der Waals surface area contributed by atoms with Crippen LogP contribution in [0.15, 0.2) is 18.2 Å². The van der Waals surface area contributed by atoms with Crippen molar-refractivity contribution in [2.75, 3.05) is 0 Å². The molecule has 0 radical (unpaired) electrons. The lowest BCUT2D eigenvalue weighted by molar-refractivity contribution is 0.151. The van der Waals surface area contributed by atoms with Crippen molar-refractivity contribution in [3.63, 3.8) is 0 Å². The maximum absolute atomic E-state index is 9.68. The normalized spacial score (nSPS) is 18.7. The Kier molecular flexibility index (Phi) is 2.26. The van der Waals surface area contributed by atoms with Crippen LogP contribution >= 0.6 is 23.2 Å². The molecule has 0 heterocycles. The minimum Gasteiger partial charge on any atom is -0.390 e. The molecule has 1 fully saturated rings. The van der Waals surface area contributed by atoms with Crippen molar-refractivity contribution < 1.29 is 5.11 Å². The summed E-state index contributed by atoms with van der Waals surface area (Å²) in [6.07, 6.45) is 2.43. The van der Waals surface area contributed by atoms with Crippen LogP contribution in [0.2, 0.25) is 10.0 Å². The Morgan fingerprint density at radius 1 is 1.15 bits per heavy atom. The van der Waals surface area contributed by atoms with Gasteiger partial charge >= 0.3 is 0 Å². The third-order valence-electron chi connectivity index (χ3n) is 2.28. The first kappa shape index (κ1) is 9.32. The van der Waals surface area contributed by atoms with Crippen molar-refractivity contribution in [3.8, 4) is 0 Å². The molecule has 0 amide bonds. The first-order valence-corrected chi connectivity index (χ1v) is 5.00. The minimum absolute atomic E-state index is 0.478. The highest BCUT2D eigenvalue weighted by Crippen LogP contribution is 2.38. The molecular weight excluding hydrogens is 207 g/mol. The summed E-state index contributed by atoms with van der Waals surface area (Å²) >= 11 is 11.7. The molecule has 3 heteroatoms. The Morgan fingerprint density at radius 2 is 1.69 bits per heavy atom. The van der Waals surface area contributed by atoms with Crippen molar-refractivity contribution in [1.82, 2.24) is 0 Å². The molecule has 1 saturated carbocycles. The lowest BCUT2D eigenvalue weighted by Crippen LogP contribution is -2.10. The van der Waals surface area contributed by atoms with E-state index in [-0.39, 0.29) is 0 Å². The monoisotopic (exact) mass is 216 g/mol. The molecule has 13 heavy (non-hydrogen) atoms. The third-order valence-corrected chi connectivity index (χ3v) is 2.72. The minimum atomic E-state index is -0.478. The maximum Gasteiger partial charge on any atom is 0.0690 e. The fourth-order valence-electron chi connectivity index (χ4n) is 1.41. The topological polar surface area (TPSA) is 20.2 Å². The predicted molar refractivity (Wildman–Crippen MR) is 54.3 cm³/mol. The Hall–Kier alpha value is -0.240. The second-order valence-electron chi connectivity index (χ2n) is 3.68. The van der Waals surface area contributed by atoms with Gasteiger partial charge in [0.2, 0.25) is 0 Å². The number of hydrogen-bond donors (Lipinski definition) is 1. The van der Waals surface area contributed by atoms with Gasteiger partial charge in [0.05, 0.1) is 5.60 Å². The lowest BCUT2D eigenvalue weighted by Gasteiger charge is -2.07. The SMILES string of the molecule is OC1(Cc2cc(Cl)cc(Cl)c2)CC1. The van der Waals surface area contributed by atoms with Crippen molar-refractivity contribution in [3.05, 3.63) is 33.8 Å². The van der Waals surface area contributed by atoms with Gasteiger partial charge in [-0.15, -0.1) is 0 Å². The van der Waals surface area contributed by atoms with Crippen LogP contribution < -0.4 is 0 Å². The van der Waals surface area contributed by atoms with Crippen molar-refractivity contribution in [2.45, 2.75) is 24.9 Å². The molecule has 2 rings (SSSR count). The Labute approximate surface area is 87.3 Å². The summed E-state index contributed by atoms with van der Waals surface area (Å²) in [5.41, 5.74) is 0.533. The second kappa shape index (κ2) is 3.16. The number of hydrogen-bond acceptors (Lipinski definition) is 1. The van der Waals surface area contributed by atoms with E-state index in [1.165, 1.54) is 0 Å². The second-order valence-corrected chi connectivity index (χ2v) is 4.55. The Bertz CT molecular complexity index is 311. The molecule has 1 nitrogen and oxygen atoms in total. The molecule has 0 unspecified atom stereocenters. The molecule has 0 spiro atoms. The summed E-state index contributed by atoms with van der Waals surface area (Å²) in [5.74, 6) is 0. The van der Waals surface area contributed by atoms with E-state index in [1.54, 1.807) is 6.07 Å². The highest BCUT2D eigenvalue weighted by Gasteiger charge is 2.40. The highest BCUT2D eigenvalue weighted by molar-refractivity contribution is 6.34. The van der Waals surface area contributed by atoms with E-state index in [2.05, 4.69) is 0 Å². The molecule has 0 saturated heterocycles. The maximum atomic E-state index is 9.68. The largest absolute Gasteiger partial charge is 0.390 e. The van der Waals surface area contributed by atoms with Gasteiger partial charge in [-0.05, 0) is 36.6 Å². The molecule has 0 atom stereocenters. The van der Waals surface area contributed by atoms with Crippen LogP contribution in [0.1, 0.15) is 18.4 Å². The van der Waals surface area contributed by atoms with E-state index in [0.717, 1.165) is 18.4 Å². The van der Waals surface area contributed by atoms with Crippen LogP contribution in [-0.2, 0) is 6.42 Å². The van der Waals surface area contributed by atoms with Crippen LogP contribution in [0.4, 0.5) is 0 Å². The van der Waals surface area contributed by atoms with Crippen molar-refractivity contribution >= 4 is 23.2 Å². The van der Waals surface area contributed by atoms with E-state index < -0.39 is 5.60 Å². The predicted octanol–water partition coefficient (Wildman–Crippen LogP) is 3.06. The van der Waals surface area contributed by atoms with Gasteiger partial charge in [-0.25, -0.2) is 0 Å². The molecule has 1 aromatic carbocycles. The fraction of sp³-hybridized carbons (Fsp3) is 0.400. The van der Waals surface area contributed by atoms with Gasteiger partial charge in [-0.3, -0.25) is 0 Å². The number of rotatable bonds is 2. The zero-order valence-electron chi connectivity index (χ0n) is 7.06. The summed E-state index contributed by atoms with van der Waals surface area (Å²) in [7, 11) is 0. The van der Waals surface area contributed by atoms with Gasteiger partial charge in [0, 0.05) is 16.5 Å². The molecule has 70 valence electrons. The summed E-state index contributed by atoms with van der Waals surface area (Å²) < 4.78 is 0. The van der Waals surface area contributed by atoms with E-state index >= 15 is 0 Å². The first-order valence-electron chi connectivity index (χ1n) is 4.25. The highest BCUT2D eigenvalue weighted by atomic mass is 35.5. The zero-order chi connectivity index (χ0) is 9.47. The molecule has 0 aliphatic heterocycles. The van der Waals surface area contributed by atoms with Gasteiger partial charge in [0.25, 0.3) is 0 Å². The summed E-state index contributed by atoms with van der Waals surface area (Å²) in [4.78, 5) is 0. The average Bonchev–Trinajstić information content (AvgIpc) is 2.64. The zero-order valence-corrected chi connectivity index (χ0v) is 8.57. The number of benzene rings is 1. The number of aliphatic hydroxyl groups is 1. The van der Waals surface area contributed by atoms with E-state index in [1.807, 2.05) is 12.1 Å². The molecule has 0 aromatic heterocycles. The molecular formula is C10H10Cl2O. The quantitative estimate of drug-likeness (QED) is 0.807. The number of halogens is 2. The van der Waals surface area contributed by atoms with E-state index in [4.69, 9.17) is 23.2 Å². The first-order chi connectivity index (χ1) is 6.07. The fourth-order valence-corrected chi connectivity index (χ4v) is 1.99. The van der Waals surface area contributed by atoms with Gasteiger partial charge in [0.15, 0.2) is 0 Å². The van der Waals surface area contributed by atoms with Crippen LogP contribution in [0.5, 0.6) is 0 Å². The summed E-state index contributed by atoms with van der Waals surface area (Å²) in [5, 5.41) is 10.9. The van der Waals surface area contributed by atoms with Gasteiger partial charge < -0.3 is 5.11 Å². The van der Waals surface area contributed by atoms with Crippen molar-refractivity contribution in [2.24, 2.45) is 0 Å². The van der Waals surface area contributed by atoms with Gasteiger partial charge in [-0.1, -0.05) is 23.2 Å². The smallest absolute Gasteiger partial charge is 0.0690 e. The van der Waals surface area contributed by atoms with Gasteiger partial charge in [0.1, 0.15) is 0 Å². The summed E-state index contributed by atoms with van der Waals surface area (Å²) in [6.45, 7) is 0. The molecule has 1 aromatic rings. The standard InChI is InChI=1S/C10H10Cl2O/c11-8-3-7(4-9(12)5-8)6-10(13)1-2-10/h3-5,13H,1-2,6H2.